The van der Waals surface area contributed by atoms with E-state index < -0.39 is 0 Å². The van der Waals surface area contributed by atoms with Gasteiger partial charge in [-0.25, -0.2) is 4.39 Å². The first-order valence-corrected chi connectivity index (χ1v) is 5.33. The van der Waals surface area contributed by atoms with Gasteiger partial charge in [0.15, 0.2) is 0 Å². The molecule has 0 radical (unpaired) electrons. The van der Waals surface area contributed by atoms with E-state index >= 15 is 0 Å². The second kappa shape index (κ2) is 4.47. The van der Waals surface area contributed by atoms with Gasteiger partial charge in [0.2, 0.25) is 0 Å². The fourth-order valence-electron chi connectivity index (χ4n) is 1.72. The summed E-state index contributed by atoms with van der Waals surface area (Å²) >= 11 is 0. The van der Waals surface area contributed by atoms with Gasteiger partial charge in [-0.05, 0) is 18.6 Å². The van der Waals surface area contributed by atoms with Gasteiger partial charge < -0.3 is 0 Å². The standard InChI is InChI=1S/C11H13BFN3/c1-2-11(16-7-8(12)5-15-16)10-4-3-9(13)6-14-10/h3-7,11H,2,12H2,1H3. The summed E-state index contributed by atoms with van der Waals surface area (Å²) in [6, 6.07) is 3.22. The van der Waals surface area contributed by atoms with Crippen molar-refractivity contribution in [3.05, 3.63) is 42.2 Å². The Morgan fingerprint density at radius 2 is 2.25 bits per heavy atom. The molecule has 3 nitrogen and oxygen atoms in total. The predicted molar refractivity (Wildman–Crippen MR) is 63.0 cm³/mol. The van der Waals surface area contributed by atoms with Gasteiger partial charge in [0.1, 0.15) is 13.7 Å². The van der Waals surface area contributed by atoms with Crippen molar-refractivity contribution in [2.45, 2.75) is 19.4 Å². The maximum atomic E-state index is 12.8. The largest absolute Gasteiger partial charge is 0.264 e. The lowest BCUT2D eigenvalue weighted by Crippen LogP contribution is -2.12. The molecule has 0 aliphatic rings. The summed E-state index contributed by atoms with van der Waals surface area (Å²) in [6.07, 6.45) is 5.90. The molecule has 2 heterocycles. The molecular weight excluding hydrogens is 204 g/mol. The van der Waals surface area contributed by atoms with Gasteiger partial charge in [-0.3, -0.25) is 9.67 Å². The molecule has 16 heavy (non-hydrogen) atoms. The van der Waals surface area contributed by atoms with E-state index in [1.54, 1.807) is 6.07 Å². The summed E-state index contributed by atoms with van der Waals surface area (Å²) in [5, 5.41) is 4.27. The van der Waals surface area contributed by atoms with Crippen LogP contribution in [0.4, 0.5) is 4.39 Å². The number of rotatable bonds is 3. The lowest BCUT2D eigenvalue weighted by molar-refractivity contribution is 0.495. The minimum atomic E-state index is -0.310. The first kappa shape index (κ1) is 10.9. The van der Waals surface area contributed by atoms with Crippen molar-refractivity contribution in [2.75, 3.05) is 0 Å². The fourth-order valence-corrected chi connectivity index (χ4v) is 1.72. The summed E-state index contributed by atoms with van der Waals surface area (Å²) in [7, 11) is 1.99. The first-order valence-electron chi connectivity index (χ1n) is 5.33. The Balaban J connectivity index is 2.32. The van der Waals surface area contributed by atoms with E-state index in [1.807, 2.05) is 24.9 Å². The van der Waals surface area contributed by atoms with Crippen molar-refractivity contribution in [1.29, 1.82) is 0 Å². The third-order valence-corrected chi connectivity index (χ3v) is 2.53. The Labute approximate surface area is 94.7 Å². The fraction of sp³-hybridized carbons (Fsp3) is 0.273. The van der Waals surface area contributed by atoms with E-state index in [0.717, 1.165) is 17.6 Å². The van der Waals surface area contributed by atoms with Crippen LogP contribution >= 0.6 is 0 Å². The molecule has 0 saturated heterocycles. The van der Waals surface area contributed by atoms with Crippen LogP contribution in [0.15, 0.2) is 30.7 Å². The summed E-state index contributed by atoms with van der Waals surface area (Å²) < 4.78 is 14.6. The normalized spacial score (nSPS) is 12.6. The second-order valence-corrected chi connectivity index (χ2v) is 3.82. The topological polar surface area (TPSA) is 30.7 Å². The van der Waals surface area contributed by atoms with Gasteiger partial charge in [-0.2, -0.15) is 5.10 Å². The van der Waals surface area contributed by atoms with Crippen molar-refractivity contribution in [3.63, 3.8) is 0 Å². The van der Waals surface area contributed by atoms with Gasteiger partial charge in [0.05, 0.1) is 17.9 Å². The van der Waals surface area contributed by atoms with Crippen LogP contribution in [0.3, 0.4) is 0 Å². The molecule has 0 bridgehead atoms. The summed E-state index contributed by atoms with van der Waals surface area (Å²) in [6.45, 7) is 2.06. The van der Waals surface area contributed by atoms with Crippen molar-refractivity contribution in [1.82, 2.24) is 14.8 Å². The molecule has 2 aromatic heterocycles. The van der Waals surface area contributed by atoms with Crippen LogP contribution in [0.5, 0.6) is 0 Å². The SMILES string of the molecule is Bc1cnn(C(CC)c2ccc(F)cn2)c1. The number of nitrogens with zero attached hydrogens (tertiary/aromatic N) is 3. The number of hydrogen-bond acceptors (Lipinski definition) is 2. The lowest BCUT2D eigenvalue weighted by atomic mass is 10.0. The molecule has 1 atom stereocenters. The number of pyridine rings is 1. The molecule has 1 unspecified atom stereocenters. The van der Waals surface area contributed by atoms with Crippen molar-refractivity contribution >= 4 is 13.3 Å². The van der Waals surface area contributed by atoms with Crippen molar-refractivity contribution in [2.24, 2.45) is 0 Å². The average molecular weight is 217 g/mol. The molecule has 0 amide bonds. The Morgan fingerprint density at radius 3 is 2.75 bits per heavy atom. The van der Waals surface area contributed by atoms with Gasteiger partial charge in [0.25, 0.3) is 0 Å². The van der Waals surface area contributed by atoms with Crippen LogP contribution in [0.1, 0.15) is 25.1 Å². The van der Waals surface area contributed by atoms with E-state index in [2.05, 4.69) is 17.0 Å². The number of halogens is 1. The molecular formula is C11H13BFN3. The predicted octanol–water partition coefficient (Wildman–Crippen LogP) is 0.675. The number of hydrogen-bond donors (Lipinski definition) is 0. The smallest absolute Gasteiger partial charge is 0.143 e. The molecule has 2 aromatic rings. The maximum Gasteiger partial charge on any atom is 0.143 e. The van der Waals surface area contributed by atoms with Crippen LogP contribution in [-0.2, 0) is 0 Å². The third-order valence-electron chi connectivity index (χ3n) is 2.53. The molecule has 5 heteroatoms. The van der Waals surface area contributed by atoms with E-state index in [-0.39, 0.29) is 11.9 Å². The lowest BCUT2D eigenvalue weighted by Gasteiger charge is -2.14. The van der Waals surface area contributed by atoms with Crippen LogP contribution in [-0.4, -0.2) is 22.6 Å². The minimum absolute atomic E-state index is 0.0781. The summed E-state index contributed by atoms with van der Waals surface area (Å²) in [5.41, 5.74) is 1.95. The molecule has 0 N–H and O–H groups in total. The summed E-state index contributed by atoms with van der Waals surface area (Å²) in [5.74, 6) is -0.310. The van der Waals surface area contributed by atoms with Gasteiger partial charge in [-0.15, -0.1) is 0 Å². The molecule has 0 aromatic carbocycles. The van der Waals surface area contributed by atoms with Gasteiger partial charge in [-0.1, -0.05) is 12.4 Å². The minimum Gasteiger partial charge on any atom is -0.264 e. The molecule has 0 spiro atoms. The Morgan fingerprint density at radius 1 is 1.44 bits per heavy atom. The highest BCUT2D eigenvalue weighted by atomic mass is 19.1. The van der Waals surface area contributed by atoms with Gasteiger partial charge in [0, 0.05) is 12.4 Å². The molecule has 0 saturated carbocycles. The molecule has 2 rings (SSSR count). The van der Waals surface area contributed by atoms with Crippen molar-refractivity contribution in [3.8, 4) is 0 Å². The van der Waals surface area contributed by atoms with E-state index in [1.165, 1.54) is 12.3 Å². The maximum absolute atomic E-state index is 12.8. The molecule has 82 valence electrons. The molecule has 0 aliphatic heterocycles. The third kappa shape index (κ3) is 2.13. The number of aromatic nitrogens is 3. The second-order valence-electron chi connectivity index (χ2n) is 3.82. The zero-order valence-corrected chi connectivity index (χ0v) is 9.39. The first-order chi connectivity index (χ1) is 7.70. The van der Waals surface area contributed by atoms with Crippen LogP contribution in [0.2, 0.25) is 0 Å². The Hall–Kier alpha value is -1.65. The monoisotopic (exact) mass is 217 g/mol. The molecule has 0 fully saturated rings. The zero-order valence-electron chi connectivity index (χ0n) is 9.39. The summed E-state index contributed by atoms with van der Waals surface area (Å²) in [4.78, 5) is 4.10. The average Bonchev–Trinajstić information content (AvgIpc) is 2.69. The zero-order chi connectivity index (χ0) is 11.5. The highest BCUT2D eigenvalue weighted by Gasteiger charge is 2.13. The van der Waals surface area contributed by atoms with E-state index in [0.29, 0.717) is 0 Å². The molecule has 0 aliphatic carbocycles. The quantitative estimate of drug-likeness (QED) is 0.707. The Bertz CT molecular complexity index is 466. The van der Waals surface area contributed by atoms with Crippen LogP contribution < -0.4 is 5.46 Å². The van der Waals surface area contributed by atoms with Crippen LogP contribution in [0.25, 0.3) is 0 Å². The van der Waals surface area contributed by atoms with E-state index in [9.17, 15) is 4.39 Å². The van der Waals surface area contributed by atoms with Crippen LogP contribution in [0, 0.1) is 5.82 Å². The highest BCUT2D eigenvalue weighted by molar-refractivity contribution is 6.31. The highest BCUT2D eigenvalue weighted by Crippen LogP contribution is 2.18. The van der Waals surface area contributed by atoms with Gasteiger partial charge >= 0.3 is 0 Å². The Kier molecular flexibility index (Phi) is 3.03. The van der Waals surface area contributed by atoms with Crippen molar-refractivity contribution < 1.29 is 4.39 Å². The van der Waals surface area contributed by atoms with E-state index in [4.69, 9.17) is 0 Å².